The first-order chi connectivity index (χ1) is 12.6. The van der Waals surface area contributed by atoms with Crippen LogP contribution in [0.2, 0.25) is 5.02 Å². The monoisotopic (exact) mass is 394 g/mol. The molecule has 0 atom stereocenters. The Morgan fingerprint density at radius 1 is 1.26 bits per heavy atom. The molecule has 0 saturated carbocycles. The van der Waals surface area contributed by atoms with Gasteiger partial charge in [-0.1, -0.05) is 17.7 Å². The zero-order valence-electron chi connectivity index (χ0n) is 17.0. The summed E-state index contributed by atoms with van der Waals surface area (Å²) in [6, 6.07) is 4.19. The Balaban J connectivity index is 2.07. The van der Waals surface area contributed by atoms with Gasteiger partial charge < -0.3 is 15.0 Å². The molecule has 27 heavy (non-hydrogen) atoms. The summed E-state index contributed by atoms with van der Waals surface area (Å²) in [7, 11) is 0. The van der Waals surface area contributed by atoms with E-state index in [-0.39, 0.29) is 12.0 Å². The van der Waals surface area contributed by atoms with Gasteiger partial charge in [-0.05, 0) is 75.6 Å². The van der Waals surface area contributed by atoms with E-state index >= 15 is 0 Å². The molecule has 0 aliphatic carbocycles. The molecule has 5 nitrogen and oxygen atoms in total. The Morgan fingerprint density at radius 3 is 2.44 bits per heavy atom. The van der Waals surface area contributed by atoms with Crippen molar-refractivity contribution in [1.82, 2.24) is 10.2 Å². The van der Waals surface area contributed by atoms with Gasteiger partial charge in [-0.2, -0.15) is 0 Å². The van der Waals surface area contributed by atoms with Crippen LogP contribution < -0.4 is 5.32 Å². The van der Waals surface area contributed by atoms with Gasteiger partial charge in [0.25, 0.3) is 0 Å². The third-order valence-corrected chi connectivity index (χ3v) is 5.18. The Kier molecular flexibility index (Phi) is 7.15. The van der Waals surface area contributed by atoms with E-state index in [2.05, 4.69) is 11.4 Å². The fraction of sp³-hybridized carbons (Fsp3) is 0.619. The van der Waals surface area contributed by atoms with Crippen LogP contribution in [0.1, 0.15) is 63.1 Å². The Bertz CT molecular complexity index is 689. The third-order valence-electron chi connectivity index (χ3n) is 4.78. The highest BCUT2D eigenvalue weighted by Crippen LogP contribution is 2.34. The van der Waals surface area contributed by atoms with E-state index in [0.29, 0.717) is 25.6 Å². The van der Waals surface area contributed by atoms with E-state index in [1.807, 2.05) is 33.8 Å². The van der Waals surface area contributed by atoms with E-state index in [1.54, 1.807) is 4.90 Å². The maximum absolute atomic E-state index is 12.3. The number of likely N-dealkylation sites (tertiary alicyclic amines) is 1. The average Bonchev–Trinajstić information content (AvgIpc) is 2.56. The van der Waals surface area contributed by atoms with Crippen LogP contribution in [0.5, 0.6) is 0 Å². The van der Waals surface area contributed by atoms with Crippen molar-refractivity contribution in [3.63, 3.8) is 0 Å². The minimum absolute atomic E-state index is 0.0274. The molecular weight excluding hydrogens is 364 g/mol. The fourth-order valence-electron chi connectivity index (χ4n) is 3.41. The molecule has 150 valence electrons. The molecule has 1 aliphatic rings. The lowest BCUT2D eigenvalue weighted by Crippen LogP contribution is -2.41. The second-order valence-electron chi connectivity index (χ2n) is 8.27. The summed E-state index contributed by atoms with van der Waals surface area (Å²) in [6.45, 7) is 11.2. The van der Waals surface area contributed by atoms with Crippen molar-refractivity contribution in [2.75, 3.05) is 19.6 Å². The van der Waals surface area contributed by atoms with Gasteiger partial charge in [0.1, 0.15) is 5.60 Å². The number of amides is 2. The molecule has 1 aliphatic heterocycles. The highest BCUT2D eigenvalue weighted by atomic mass is 35.5. The molecule has 1 heterocycles. The summed E-state index contributed by atoms with van der Waals surface area (Å²) in [5.74, 6) is 0.354. The number of rotatable bonds is 4. The summed E-state index contributed by atoms with van der Waals surface area (Å²) in [6.07, 6.45) is 2.31. The Labute approximate surface area is 167 Å². The summed E-state index contributed by atoms with van der Waals surface area (Å²) in [5, 5.41) is 3.60. The summed E-state index contributed by atoms with van der Waals surface area (Å²) >= 11 is 6.34. The average molecular weight is 395 g/mol. The van der Waals surface area contributed by atoms with Crippen LogP contribution in [-0.4, -0.2) is 42.1 Å². The van der Waals surface area contributed by atoms with Gasteiger partial charge in [0.15, 0.2) is 0 Å². The van der Waals surface area contributed by atoms with Crippen LogP contribution in [0.15, 0.2) is 12.1 Å². The molecule has 1 saturated heterocycles. The lowest BCUT2D eigenvalue weighted by molar-refractivity contribution is -0.118. The minimum Gasteiger partial charge on any atom is -0.444 e. The van der Waals surface area contributed by atoms with Crippen LogP contribution in [0.4, 0.5) is 4.79 Å². The van der Waals surface area contributed by atoms with Crippen molar-refractivity contribution < 1.29 is 14.3 Å². The highest BCUT2D eigenvalue weighted by molar-refractivity contribution is 6.31. The van der Waals surface area contributed by atoms with E-state index in [0.717, 1.165) is 29.8 Å². The van der Waals surface area contributed by atoms with Crippen molar-refractivity contribution >= 4 is 23.6 Å². The maximum Gasteiger partial charge on any atom is 0.410 e. The predicted octanol–water partition coefficient (Wildman–Crippen LogP) is 4.44. The number of carbonyl (C=O) groups is 2. The number of ether oxygens (including phenoxy) is 1. The molecule has 2 amide bonds. The van der Waals surface area contributed by atoms with Crippen LogP contribution in [0.3, 0.4) is 0 Å². The number of nitrogens with zero attached hydrogens (tertiary/aromatic N) is 1. The van der Waals surface area contributed by atoms with Gasteiger partial charge in [0.05, 0.1) is 0 Å². The fourth-order valence-corrected chi connectivity index (χ4v) is 3.60. The normalized spacial score (nSPS) is 15.6. The SMILES string of the molecule is CC(=O)NCCc1cc(Cl)c(C)cc1C1CCN(C(=O)OC(C)(C)C)CC1. The second kappa shape index (κ2) is 8.96. The first-order valence-corrected chi connectivity index (χ1v) is 9.96. The number of aryl methyl sites for hydroxylation is 1. The number of piperidine rings is 1. The summed E-state index contributed by atoms with van der Waals surface area (Å²) in [5.41, 5.74) is 3.05. The smallest absolute Gasteiger partial charge is 0.410 e. The van der Waals surface area contributed by atoms with Gasteiger partial charge in [-0.25, -0.2) is 4.79 Å². The van der Waals surface area contributed by atoms with Gasteiger partial charge in [-0.3, -0.25) is 4.79 Å². The minimum atomic E-state index is -0.474. The molecule has 1 fully saturated rings. The van der Waals surface area contributed by atoms with E-state index in [9.17, 15) is 9.59 Å². The lowest BCUT2D eigenvalue weighted by Gasteiger charge is -2.34. The number of hydrogen-bond acceptors (Lipinski definition) is 3. The van der Waals surface area contributed by atoms with Crippen molar-refractivity contribution in [1.29, 1.82) is 0 Å². The zero-order valence-corrected chi connectivity index (χ0v) is 17.8. The van der Waals surface area contributed by atoms with Crippen molar-refractivity contribution in [2.45, 2.75) is 65.4 Å². The summed E-state index contributed by atoms with van der Waals surface area (Å²) in [4.78, 5) is 25.2. The number of halogens is 1. The quantitative estimate of drug-likeness (QED) is 0.821. The molecular formula is C21H31ClN2O3. The first kappa shape index (κ1) is 21.5. The van der Waals surface area contributed by atoms with Crippen molar-refractivity contribution in [3.8, 4) is 0 Å². The van der Waals surface area contributed by atoms with Crippen LogP contribution in [0.25, 0.3) is 0 Å². The zero-order chi connectivity index (χ0) is 20.2. The number of benzene rings is 1. The van der Waals surface area contributed by atoms with Gasteiger partial charge in [0.2, 0.25) is 5.91 Å². The van der Waals surface area contributed by atoms with Crippen LogP contribution >= 0.6 is 11.6 Å². The van der Waals surface area contributed by atoms with Crippen molar-refractivity contribution in [2.24, 2.45) is 0 Å². The topological polar surface area (TPSA) is 58.6 Å². The van der Waals surface area contributed by atoms with E-state index in [4.69, 9.17) is 16.3 Å². The highest BCUT2D eigenvalue weighted by Gasteiger charge is 2.28. The van der Waals surface area contributed by atoms with Gasteiger partial charge in [-0.15, -0.1) is 0 Å². The maximum atomic E-state index is 12.3. The number of hydrogen-bond donors (Lipinski definition) is 1. The van der Waals surface area contributed by atoms with Gasteiger partial charge >= 0.3 is 6.09 Å². The summed E-state index contributed by atoms with van der Waals surface area (Å²) < 4.78 is 5.48. The Morgan fingerprint density at radius 2 is 1.89 bits per heavy atom. The van der Waals surface area contributed by atoms with Gasteiger partial charge in [0, 0.05) is 31.6 Å². The second-order valence-corrected chi connectivity index (χ2v) is 8.68. The standard InChI is InChI=1S/C21H31ClN2O3/c1-14-12-18(17(13-19(14)22)6-9-23-15(2)25)16-7-10-24(11-8-16)20(26)27-21(3,4)5/h12-13,16H,6-11H2,1-5H3,(H,23,25). The van der Waals surface area contributed by atoms with Crippen molar-refractivity contribution in [3.05, 3.63) is 33.8 Å². The first-order valence-electron chi connectivity index (χ1n) is 9.58. The molecule has 1 N–H and O–H groups in total. The molecule has 0 aromatic heterocycles. The largest absolute Gasteiger partial charge is 0.444 e. The predicted molar refractivity (Wildman–Crippen MR) is 108 cm³/mol. The molecule has 6 heteroatoms. The molecule has 0 radical (unpaired) electrons. The molecule has 2 rings (SSSR count). The molecule has 1 aromatic rings. The van der Waals surface area contributed by atoms with Crippen LogP contribution in [-0.2, 0) is 16.0 Å². The number of nitrogens with one attached hydrogen (secondary N) is 1. The van der Waals surface area contributed by atoms with E-state index in [1.165, 1.54) is 18.1 Å². The molecule has 0 bridgehead atoms. The molecule has 0 spiro atoms. The Hall–Kier alpha value is -1.75. The molecule has 0 unspecified atom stereocenters. The molecule has 1 aromatic carbocycles. The van der Waals surface area contributed by atoms with Crippen LogP contribution in [0, 0.1) is 6.92 Å². The third kappa shape index (κ3) is 6.42. The van der Waals surface area contributed by atoms with E-state index < -0.39 is 5.60 Å². The lowest BCUT2D eigenvalue weighted by atomic mass is 9.85. The number of carbonyl (C=O) groups excluding carboxylic acids is 2.